The first kappa shape index (κ1) is 20.0. The van der Waals surface area contributed by atoms with Gasteiger partial charge in [-0.15, -0.1) is 0 Å². The van der Waals surface area contributed by atoms with Crippen LogP contribution in [-0.4, -0.2) is 23.7 Å². The van der Waals surface area contributed by atoms with E-state index in [1.54, 1.807) is 6.92 Å². The lowest BCUT2D eigenvalue weighted by molar-refractivity contribution is 0.102. The summed E-state index contributed by atoms with van der Waals surface area (Å²) in [6.07, 6.45) is 1.41. The van der Waals surface area contributed by atoms with Crippen molar-refractivity contribution < 1.29 is 22.4 Å². The average molecular weight is 428 g/mol. The van der Waals surface area contributed by atoms with Crippen LogP contribution < -0.4 is 10.8 Å². The molecule has 1 amide bonds. The zero-order valence-corrected chi connectivity index (χ0v) is 16.0. The van der Waals surface area contributed by atoms with Gasteiger partial charge < -0.3 is 9.73 Å². The summed E-state index contributed by atoms with van der Waals surface area (Å²) in [6, 6.07) is 5.59. The normalized spacial score (nSPS) is 11.1. The fraction of sp³-hybridized carbons (Fsp3) is 0.0500. The number of hydrogen-bond donors (Lipinski definition) is 1. The molecule has 0 unspecified atom stereocenters. The average Bonchev–Trinajstić information content (AvgIpc) is 3.11. The van der Waals surface area contributed by atoms with Crippen molar-refractivity contribution in [3.05, 3.63) is 70.1 Å². The molecule has 10 heteroatoms. The molecule has 0 aliphatic carbocycles. The van der Waals surface area contributed by atoms with E-state index in [1.165, 1.54) is 18.3 Å². The van der Waals surface area contributed by atoms with Crippen molar-refractivity contribution in [3.63, 3.8) is 0 Å². The number of oxazole rings is 1. The van der Waals surface area contributed by atoms with Crippen LogP contribution in [0.5, 0.6) is 0 Å². The van der Waals surface area contributed by atoms with E-state index in [1.807, 2.05) is 0 Å². The molecule has 0 aliphatic rings. The lowest BCUT2D eigenvalue weighted by Gasteiger charge is -2.12. The second-order valence-corrected chi connectivity index (χ2v) is 6.79. The maximum absolute atomic E-state index is 14.3. The molecule has 2 heterocycles. The Morgan fingerprint density at radius 3 is 2.73 bits per heavy atom. The number of carbonyl (C=O) groups excluding carboxylic acids is 1. The number of amides is 1. The van der Waals surface area contributed by atoms with E-state index in [2.05, 4.69) is 15.3 Å². The van der Waals surface area contributed by atoms with Crippen molar-refractivity contribution in [2.75, 3.05) is 5.32 Å². The molecule has 148 valence electrons. The summed E-state index contributed by atoms with van der Waals surface area (Å²) < 4.78 is 46.8. The van der Waals surface area contributed by atoms with Gasteiger partial charge in [0, 0.05) is 17.4 Å². The summed E-state index contributed by atoms with van der Waals surface area (Å²) in [5.41, 5.74) is 1.42. The maximum Gasteiger partial charge on any atom is 0.257 e. The van der Waals surface area contributed by atoms with Gasteiger partial charge >= 0.3 is 0 Å². The highest BCUT2D eigenvalue weighted by atomic mass is 35.5. The molecule has 0 fully saturated rings. The van der Waals surface area contributed by atoms with Gasteiger partial charge in [0.25, 0.3) is 5.91 Å². The minimum atomic E-state index is -1.35. The Morgan fingerprint density at radius 1 is 1.20 bits per heavy atom. The molecule has 5 nitrogen and oxygen atoms in total. The van der Waals surface area contributed by atoms with Crippen LogP contribution in [-0.2, 0) is 0 Å². The van der Waals surface area contributed by atoms with Crippen LogP contribution in [0.2, 0.25) is 5.02 Å². The number of fused-ring (bicyclic) bond motifs is 1. The molecule has 0 bridgehead atoms. The summed E-state index contributed by atoms with van der Waals surface area (Å²) in [7, 11) is 5.67. The highest BCUT2D eigenvalue weighted by Crippen LogP contribution is 2.32. The van der Waals surface area contributed by atoms with E-state index in [4.69, 9.17) is 23.9 Å². The Morgan fingerprint density at radius 2 is 1.97 bits per heavy atom. The Hall–Kier alpha value is -3.33. The number of nitrogens with one attached hydrogen (secondary N) is 1. The number of rotatable bonds is 3. The third kappa shape index (κ3) is 3.52. The third-order valence-electron chi connectivity index (χ3n) is 4.40. The van der Waals surface area contributed by atoms with Crippen molar-refractivity contribution in [1.29, 1.82) is 0 Å². The van der Waals surface area contributed by atoms with E-state index >= 15 is 0 Å². The highest BCUT2D eigenvalue weighted by Gasteiger charge is 2.20. The van der Waals surface area contributed by atoms with Crippen LogP contribution in [0.15, 0.2) is 40.9 Å². The van der Waals surface area contributed by atoms with E-state index < -0.39 is 28.4 Å². The van der Waals surface area contributed by atoms with Gasteiger partial charge in [-0.3, -0.25) is 4.79 Å². The van der Waals surface area contributed by atoms with Gasteiger partial charge in [-0.2, -0.15) is 4.98 Å². The van der Waals surface area contributed by atoms with Gasteiger partial charge in [-0.05, 0) is 42.8 Å². The first-order valence-corrected chi connectivity index (χ1v) is 8.90. The zero-order valence-electron chi connectivity index (χ0n) is 15.3. The zero-order chi connectivity index (χ0) is 21.6. The third-order valence-corrected chi connectivity index (χ3v) is 4.77. The molecule has 4 rings (SSSR count). The van der Waals surface area contributed by atoms with E-state index in [-0.39, 0.29) is 28.4 Å². The Bertz CT molecular complexity index is 1330. The molecule has 1 N–H and O–H groups in total. The summed E-state index contributed by atoms with van der Waals surface area (Å²) >= 11 is 5.72. The first-order valence-electron chi connectivity index (χ1n) is 8.52. The predicted octanol–water partition coefficient (Wildman–Crippen LogP) is 4.32. The number of carbonyl (C=O) groups is 1. The molecule has 2 radical (unpaired) electrons. The molecule has 4 aromatic rings. The number of anilines is 1. The number of halogens is 4. The lowest BCUT2D eigenvalue weighted by Crippen LogP contribution is -2.14. The second kappa shape index (κ2) is 7.49. The fourth-order valence-electron chi connectivity index (χ4n) is 2.87. The molecule has 30 heavy (non-hydrogen) atoms. The summed E-state index contributed by atoms with van der Waals surface area (Å²) in [5.74, 6) is -3.99. The lowest BCUT2D eigenvalue weighted by atomic mass is 9.99. The van der Waals surface area contributed by atoms with Gasteiger partial charge in [0.1, 0.15) is 13.7 Å². The highest BCUT2D eigenvalue weighted by molar-refractivity contribution is 6.34. The number of aromatic nitrogens is 2. The van der Waals surface area contributed by atoms with Crippen LogP contribution in [0, 0.1) is 24.4 Å². The van der Waals surface area contributed by atoms with Gasteiger partial charge in [-0.1, -0.05) is 17.1 Å². The Kier molecular flexibility index (Phi) is 4.99. The predicted molar refractivity (Wildman–Crippen MR) is 107 cm³/mol. The number of hydrogen-bond acceptors (Lipinski definition) is 4. The van der Waals surface area contributed by atoms with Crippen molar-refractivity contribution >= 4 is 47.7 Å². The van der Waals surface area contributed by atoms with Gasteiger partial charge in [0.05, 0.1) is 10.6 Å². The molecular weight excluding hydrogens is 417 g/mol. The minimum absolute atomic E-state index is 0.0708. The van der Waals surface area contributed by atoms with Gasteiger partial charge in [0.15, 0.2) is 22.9 Å². The second-order valence-electron chi connectivity index (χ2n) is 6.41. The number of pyridine rings is 1. The van der Waals surface area contributed by atoms with Crippen molar-refractivity contribution in [2.45, 2.75) is 6.92 Å². The Balaban J connectivity index is 1.74. The minimum Gasteiger partial charge on any atom is -0.434 e. The topological polar surface area (TPSA) is 68.0 Å². The summed E-state index contributed by atoms with van der Waals surface area (Å²) in [5, 5.41) is 1.77. The Labute approximate surface area is 174 Å². The standard InChI is InChI=1S/C20H10BClF3N3O2/c1-8-12(20-28-18-15(30-20)4-9(21)7-26-18)5-10(23)6-14(8)27-19(29)11-2-3-13(24)17(25)16(11)22/h2-7H,1H3,(H,27,29). The van der Waals surface area contributed by atoms with Crippen LogP contribution in [0.25, 0.3) is 22.7 Å². The molecule has 0 atom stereocenters. The smallest absolute Gasteiger partial charge is 0.257 e. The first-order chi connectivity index (χ1) is 14.2. The molecule has 2 aromatic carbocycles. The number of benzene rings is 2. The summed E-state index contributed by atoms with van der Waals surface area (Å²) in [6.45, 7) is 1.61. The fourth-order valence-corrected chi connectivity index (χ4v) is 3.11. The largest absolute Gasteiger partial charge is 0.434 e. The monoisotopic (exact) mass is 427 g/mol. The number of nitrogens with zero attached hydrogens (tertiary/aromatic N) is 2. The molecule has 0 aliphatic heterocycles. The van der Waals surface area contributed by atoms with Crippen LogP contribution in [0.3, 0.4) is 0 Å². The quantitative estimate of drug-likeness (QED) is 0.391. The summed E-state index contributed by atoms with van der Waals surface area (Å²) in [4.78, 5) is 20.8. The molecule has 0 saturated heterocycles. The van der Waals surface area contributed by atoms with Crippen LogP contribution >= 0.6 is 11.6 Å². The van der Waals surface area contributed by atoms with Crippen LogP contribution in [0.1, 0.15) is 15.9 Å². The molecule has 0 saturated carbocycles. The molecule has 2 aromatic heterocycles. The van der Waals surface area contributed by atoms with Crippen molar-refractivity contribution in [1.82, 2.24) is 9.97 Å². The molecule has 0 spiro atoms. The maximum atomic E-state index is 14.3. The SMILES string of the molecule is [B]c1cnc2nc(-c3cc(F)cc(NC(=O)c4ccc(F)c(F)c4Cl)c3C)oc2c1. The van der Waals surface area contributed by atoms with Crippen molar-refractivity contribution in [3.8, 4) is 11.5 Å². The molecular formula is C20H10BClF3N3O2. The van der Waals surface area contributed by atoms with Gasteiger partial charge in [0.2, 0.25) is 5.89 Å². The van der Waals surface area contributed by atoms with E-state index in [0.717, 1.165) is 18.2 Å². The van der Waals surface area contributed by atoms with E-state index in [0.29, 0.717) is 16.6 Å². The van der Waals surface area contributed by atoms with Crippen molar-refractivity contribution in [2.24, 2.45) is 0 Å². The van der Waals surface area contributed by atoms with E-state index in [9.17, 15) is 18.0 Å². The van der Waals surface area contributed by atoms with Gasteiger partial charge in [-0.25, -0.2) is 18.2 Å². The van der Waals surface area contributed by atoms with Crippen LogP contribution in [0.4, 0.5) is 18.9 Å².